The van der Waals surface area contributed by atoms with Crippen LogP contribution in [0.4, 0.5) is 0 Å². The number of carbonyl (C=O) groups excluding carboxylic acids is 1. The summed E-state index contributed by atoms with van der Waals surface area (Å²) in [6.45, 7) is 1.54. The third kappa shape index (κ3) is 2.05. The van der Waals surface area contributed by atoms with Crippen LogP contribution >= 0.6 is 0 Å². The van der Waals surface area contributed by atoms with Gasteiger partial charge in [0.2, 0.25) is 0 Å². The van der Waals surface area contributed by atoms with E-state index in [4.69, 9.17) is 11.1 Å². The zero-order chi connectivity index (χ0) is 13.1. The third-order valence-electron chi connectivity index (χ3n) is 2.34. The Balaban J connectivity index is 2.32. The van der Waals surface area contributed by atoms with E-state index in [0.717, 1.165) is 0 Å². The van der Waals surface area contributed by atoms with Gasteiger partial charge in [-0.05, 0) is 13.0 Å². The number of hydrogen-bond donors (Lipinski definition) is 3. The zero-order valence-corrected chi connectivity index (χ0v) is 9.71. The van der Waals surface area contributed by atoms with Gasteiger partial charge in [-0.15, -0.1) is 0 Å². The van der Waals surface area contributed by atoms with E-state index in [1.54, 1.807) is 18.5 Å². The average molecular weight is 244 g/mol. The molecule has 0 saturated heterocycles. The molecule has 2 heterocycles. The molecule has 4 N–H and O–H groups in total. The average Bonchev–Trinajstić information content (AvgIpc) is 2.79. The molecule has 1 amide bonds. The van der Waals surface area contributed by atoms with E-state index in [-0.39, 0.29) is 11.4 Å². The Bertz CT molecular complexity index is 642. The number of nitrogens with two attached hydrogens (primary N) is 1. The van der Waals surface area contributed by atoms with E-state index >= 15 is 0 Å². The Morgan fingerprint density at radius 2 is 2.39 bits per heavy atom. The van der Waals surface area contributed by atoms with Crippen LogP contribution in [0, 0.1) is 5.41 Å². The molecule has 0 fully saturated rings. The summed E-state index contributed by atoms with van der Waals surface area (Å²) in [7, 11) is 0. The van der Waals surface area contributed by atoms with Crippen molar-refractivity contribution in [2.24, 2.45) is 5.73 Å². The molecule has 2 aromatic rings. The van der Waals surface area contributed by atoms with E-state index in [2.05, 4.69) is 15.4 Å². The summed E-state index contributed by atoms with van der Waals surface area (Å²) in [6, 6.07) is 1.72. The largest absolute Gasteiger partial charge is 0.403 e. The minimum absolute atomic E-state index is 0.176. The summed E-state index contributed by atoms with van der Waals surface area (Å²) in [5.74, 6) is -0.396. The molecular weight excluding hydrogens is 232 g/mol. The third-order valence-corrected chi connectivity index (χ3v) is 2.34. The lowest BCUT2D eigenvalue weighted by Gasteiger charge is -2.06. The summed E-state index contributed by atoms with van der Waals surface area (Å²) in [5, 5.41) is 14.0. The molecule has 2 aromatic heterocycles. The summed E-state index contributed by atoms with van der Waals surface area (Å²) in [4.78, 5) is 16.1. The smallest absolute Gasteiger partial charge is 0.261 e. The second-order valence-corrected chi connectivity index (χ2v) is 3.61. The van der Waals surface area contributed by atoms with Gasteiger partial charge in [0.05, 0.1) is 17.6 Å². The van der Waals surface area contributed by atoms with Crippen molar-refractivity contribution >= 4 is 17.3 Å². The van der Waals surface area contributed by atoms with Crippen molar-refractivity contribution in [2.45, 2.75) is 6.92 Å². The van der Waals surface area contributed by atoms with E-state index in [9.17, 15) is 4.79 Å². The Morgan fingerprint density at radius 3 is 3.06 bits per heavy atom. The van der Waals surface area contributed by atoms with Gasteiger partial charge >= 0.3 is 0 Å². The van der Waals surface area contributed by atoms with Crippen molar-refractivity contribution in [1.29, 1.82) is 5.41 Å². The topological polar surface area (TPSA) is 109 Å². The number of nitrogens with zero attached hydrogens (tertiary/aromatic N) is 3. The Labute approximate surface area is 103 Å². The maximum Gasteiger partial charge on any atom is 0.261 e. The molecule has 7 heteroatoms. The Kier molecular flexibility index (Phi) is 3.05. The molecule has 0 spiro atoms. The van der Waals surface area contributed by atoms with Crippen LogP contribution in [0.1, 0.15) is 17.3 Å². The van der Waals surface area contributed by atoms with Crippen LogP contribution in [0.15, 0.2) is 36.6 Å². The molecule has 0 atom stereocenters. The van der Waals surface area contributed by atoms with Gasteiger partial charge in [0.1, 0.15) is 5.56 Å². The minimum Gasteiger partial charge on any atom is -0.403 e. The van der Waals surface area contributed by atoms with E-state index in [1.807, 2.05) is 0 Å². The molecule has 0 aliphatic heterocycles. The van der Waals surface area contributed by atoms with Gasteiger partial charge in [-0.1, -0.05) is 0 Å². The summed E-state index contributed by atoms with van der Waals surface area (Å²) in [6.07, 6.45) is 5.88. The van der Waals surface area contributed by atoms with Gasteiger partial charge in [-0.2, -0.15) is 5.10 Å². The molecule has 7 nitrogen and oxygen atoms in total. The van der Waals surface area contributed by atoms with Crippen LogP contribution < -0.4 is 11.1 Å². The molecular formula is C11H12N6O. The van der Waals surface area contributed by atoms with Crippen LogP contribution in [0.3, 0.4) is 0 Å². The Morgan fingerprint density at radius 1 is 1.61 bits per heavy atom. The van der Waals surface area contributed by atoms with Crippen LogP contribution in [-0.2, 0) is 0 Å². The highest BCUT2D eigenvalue weighted by atomic mass is 16.1. The molecule has 0 radical (unpaired) electrons. The highest BCUT2D eigenvalue weighted by molar-refractivity contribution is 6.06. The van der Waals surface area contributed by atoms with Gasteiger partial charge in [0.15, 0.2) is 5.65 Å². The highest BCUT2D eigenvalue weighted by Gasteiger charge is 2.15. The van der Waals surface area contributed by atoms with Crippen LogP contribution in [0.5, 0.6) is 0 Å². The fourth-order valence-corrected chi connectivity index (χ4v) is 1.44. The van der Waals surface area contributed by atoms with Gasteiger partial charge in [-0.3, -0.25) is 4.79 Å². The van der Waals surface area contributed by atoms with E-state index in [0.29, 0.717) is 11.2 Å². The molecule has 0 unspecified atom stereocenters. The zero-order valence-electron chi connectivity index (χ0n) is 9.71. The quantitative estimate of drug-likeness (QED) is 0.674. The number of hydrogen-bond acceptors (Lipinski definition) is 5. The highest BCUT2D eigenvalue weighted by Crippen LogP contribution is 2.07. The number of carbonyl (C=O) groups is 1. The van der Waals surface area contributed by atoms with Crippen molar-refractivity contribution in [2.75, 3.05) is 0 Å². The fraction of sp³-hybridized carbons (Fsp3) is 0.0909. The monoisotopic (exact) mass is 244 g/mol. The second kappa shape index (κ2) is 4.66. The molecule has 92 valence electrons. The van der Waals surface area contributed by atoms with Crippen molar-refractivity contribution in [3.63, 3.8) is 0 Å². The maximum absolute atomic E-state index is 12.0. The number of aromatic nitrogens is 3. The van der Waals surface area contributed by atoms with Crippen LogP contribution in [0.25, 0.3) is 5.65 Å². The van der Waals surface area contributed by atoms with Gasteiger partial charge < -0.3 is 16.5 Å². The van der Waals surface area contributed by atoms with Crippen molar-refractivity contribution in [3.8, 4) is 0 Å². The predicted octanol–water partition coefficient (Wildman–Crippen LogP) is 0.299. The summed E-state index contributed by atoms with van der Waals surface area (Å²) in [5.41, 5.74) is 6.55. The first-order valence-corrected chi connectivity index (χ1v) is 5.20. The van der Waals surface area contributed by atoms with Crippen molar-refractivity contribution in [3.05, 3.63) is 42.1 Å². The lowest BCUT2D eigenvalue weighted by molar-refractivity contribution is 0.0969. The first-order valence-electron chi connectivity index (χ1n) is 5.20. The first-order chi connectivity index (χ1) is 8.63. The number of amides is 1. The van der Waals surface area contributed by atoms with Gasteiger partial charge in [0, 0.05) is 18.6 Å². The van der Waals surface area contributed by atoms with E-state index in [1.165, 1.54) is 23.8 Å². The fourth-order valence-electron chi connectivity index (χ4n) is 1.44. The molecule has 0 aromatic carbocycles. The lowest BCUT2D eigenvalue weighted by Crippen LogP contribution is -2.27. The molecule has 0 saturated carbocycles. The molecule has 0 bridgehead atoms. The molecule has 18 heavy (non-hydrogen) atoms. The number of allylic oxidation sites excluding steroid dienone is 1. The van der Waals surface area contributed by atoms with Gasteiger partial charge in [-0.25, -0.2) is 9.50 Å². The van der Waals surface area contributed by atoms with Crippen LogP contribution in [0.2, 0.25) is 0 Å². The van der Waals surface area contributed by atoms with Crippen molar-refractivity contribution in [1.82, 2.24) is 19.9 Å². The SMILES string of the molecule is CC(=N)/C(=C\N)NC(=O)c1cnn2cccnc12. The molecule has 2 rings (SSSR count). The normalized spacial score (nSPS) is 11.5. The van der Waals surface area contributed by atoms with Crippen LogP contribution in [-0.4, -0.2) is 26.2 Å². The maximum atomic E-state index is 12.0. The first kappa shape index (κ1) is 11.8. The van der Waals surface area contributed by atoms with Gasteiger partial charge in [0.25, 0.3) is 5.91 Å². The lowest BCUT2D eigenvalue weighted by atomic mass is 10.2. The summed E-state index contributed by atoms with van der Waals surface area (Å²) >= 11 is 0. The van der Waals surface area contributed by atoms with E-state index < -0.39 is 5.91 Å². The summed E-state index contributed by atoms with van der Waals surface area (Å²) < 4.78 is 1.50. The van der Waals surface area contributed by atoms with Crippen molar-refractivity contribution < 1.29 is 4.79 Å². The molecule has 0 aliphatic rings. The predicted molar refractivity (Wildman–Crippen MR) is 66.1 cm³/mol. The second-order valence-electron chi connectivity index (χ2n) is 3.61. The minimum atomic E-state index is -0.396. The number of rotatable bonds is 3. The number of nitrogens with one attached hydrogen (secondary N) is 2. The standard InChI is InChI=1S/C11H12N6O/c1-7(13)9(5-12)16-11(18)8-6-15-17-4-2-3-14-10(8)17/h2-6,13H,12H2,1H3,(H,16,18)/b9-5+,13-7?. The Hall–Kier alpha value is -2.70. The number of fused-ring (bicyclic) bond motifs is 1. The molecule has 0 aliphatic carbocycles.